The fraction of sp³-hybridized carbons (Fsp3) is 0. The molecule has 0 fully saturated rings. The third-order valence-corrected chi connectivity index (χ3v) is 2.14. The van der Waals surface area contributed by atoms with Gasteiger partial charge in [-0.2, -0.15) is 4.83 Å². The third-order valence-electron chi connectivity index (χ3n) is 0.990. The van der Waals surface area contributed by atoms with Crippen molar-refractivity contribution in [1.29, 1.82) is 0 Å². The molecule has 0 spiro atoms. The highest BCUT2D eigenvalue weighted by Crippen LogP contribution is 2.16. The van der Waals surface area contributed by atoms with Crippen LogP contribution in [-0.2, 0) is 0 Å². The van der Waals surface area contributed by atoms with E-state index in [1.807, 2.05) is 24.3 Å². The Bertz CT molecular complexity index is 199. The Morgan fingerprint density at radius 3 is 2.40 bits per heavy atom. The Morgan fingerprint density at radius 1 is 1.30 bits per heavy atom. The molecule has 0 aliphatic carbocycles. The van der Waals surface area contributed by atoms with Crippen molar-refractivity contribution in [1.82, 2.24) is 4.83 Å². The van der Waals surface area contributed by atoms with Gasteiger partial charge in [0, 0.05) is 9.37 Å². The van der Waals surface area contributed by atoms with E-state index in [-0.39, 0.29) is 0 Å². The SMILES string of the molecule is NNSc1ccc(Br)cc1. The van der Waals surface area contributed by atoms with Crippen LogP contribution in [0.4, 0.5) is 0 Å². The average molecular weight is 219 g/mol. The molecule has 54 valence electrons. The highest BCUT2D eigenvalue weighted by molar-refractivity contribution is 9.10. The fourth-order valence-electron chi connectivity index (χ4n) is 0.571. The molecule has 0 aliphatic heterocycles. The zero-order valence-electron chi connectivity index (χ0n) is 5.17. The highest BCUT2D eigenvalue weighted by atomic mass is 79.9. The minimum atomic E-state index is 1.08. The maximum absolute atomic E-state index is 5.10. The van der Waals surface area contributed by atoms with Crippen molar-refractivity contribution in [3.8, 4) is 0 Å². The second-order valence-electron chi connectivity index (χ2n) is 1.67. The van der Waals surface area contributed by atoms with Gasteiger partial charge in [-0.25, -0.2) is 0 Å². The Labute approximate surface area is 72.4 Å². The maximum atomic E-state index is 5.10. The van der Waals surface area contributed by atoms with Gasteiger partial charge in [0.2, 0.25) is 0 Å². The first-order valence-corrected chi connectivity index (χ1v) is 4.32. The number of halogens is 1. The molecule has 0 amide bonds. The van der Waals surface area contributed by atoms with Crippen molar-refractivity contribution < 1.29 is 0 Å². The number of hydrazine groups is 1. The van der Waals surface area contributed by atoms with E-state index in [1.54, 1.807) is 0 Å². The van der Waals surface area contributed by atoms with Crippen LogP contribution in [0.15, 0.2) is 33.6 Å². The van der Waals surface area contributed by atoms with Gasteiger partial charge in [-0.1, -0.05) is 15.9 Å². The largest absolute Gasteiger partial charge is 0.261 e. The summed E-state index contributed by atoms with van der Waals surface area (Å²) in [6.07, 6.45) is 0. The molecule has 0 atom stereocenters. The fourth-order valence-corrected chi connectivity index (χ4v) is 1.24. The Kier molecular flexibility index (Phi) is 3.21. The van der Waals surface area contributed by atoms with E-state index in [0.29, 0.717) is 0 Å². The molecule has 0 aromatic heterocycles. The number of hydrogen-bond donors (Lipinski definition) is 2. The van der Waals surface area contributed by atoms with Crippen LogP contribution in [0.3, 0.4) is 0 Å². The van der Waals surface area contributed by atoms with Gasteiger partial charge in [0.25, 0.3) is 0 Å². The van der Waals surface area contributed by atoms with Crippen LogP contribution in [-0.4, -0.2) is 0 Å². The molecule has 2 nitrogen and oxygen atoms in total. The van der Waals surface area contributed by atoms with Gasteiger partial charge in [0.05, 0.1) is 0 Å². The lowest BCUT2D eigenvalue weighted by molar-refractivity contribution is 1.11. The van der Waals surface area contributed by atoms with Gasteiger partial charge in [-0.15, -0.1) is 0 Å². The molecule has 1 rings (SSSR count). The summed E-state index contributed by atoms with van der Waals surface area (Å²) in [6.45, 7) is 0. The molecule has 0 heterocycles. The van der Waals surface area contributed by atoms with Crippen LogP contribution in [0.1, 0.15) is 0 Å². The van der Waals surface area contributed by atoms with Crippen molar-refractivity contribution >= 4 is 27.9 Å². The standard InChI is InChI=1S/C6H7BrN2S/c7-5-1-3-6(4-2-5)10-9-8/h1-4,9H,8H2. The lowest BCUT2D eigenvalue weighted by Crippen LogP contribution is -2.10. The number of hydrogen-bond acceptors (Lipinski definition) is 3. The van der Waals surface area contributed by atoms with Crippen LogP contribution in [0.2, 0.25) is 0 Å². The zero-order valence-corrected chi connectivity index (χ0v) is 7.58. The first kappa shape index (κ1) is 8.07. The van der Waals surface area contributed by atoms with Gasteiger partial charge in [-0.3, -0.25) is 5.84 Å². The normalized spacial score (nSPS) is 9.80. The van der Waals surface area contributed by atoms with Crippen LogP contribution in [0.25, 0.3) is 0 Å². The van der Waals surface area contributed by atoms with Gasteiger partial charge in [0.15, 0.2) is 0 Å². The molecule has 1 aromatic rings. The minimum Gasteiger partial charge on any atom is -0.261 e. The van der Waals surface area contributed by atoms with Gasteiger partial charge in [-0.05, 0) is 36.2 Å². The van der Waals surface area contributed by atoms with Crippen molar-refractivity contribution in [3.05, 3.63) is 28.7 Å². The van der Waals surface area contributed by atoms with Crippen LogP contribution in [0, 0.1) is 0 Å². The number of nitrogens with one attached hydrogen (secondary N) is 1. The van der Waals surface area contributed by atoms with Crippen molar-refractivity contribution in [3.63, 3.8) is 0 Å². The lowest BCUT2D eigenvalue weighted by atomic mass is 10.4. The van der Waals surface area contributed by atoms with Crippen molar-refractivity contribution in [2.45, 2.75) is 4.90 Å². The summed E-state index contributed by atoms with van der Waals surface area (Å²) in [5.74, 6) is 5.10. The van der Waals surface area contributed by atoms with Gasteiger partial charge in [0.1, 0.15) is 0 Å². The summed E-state index contributed by atoms with van der Waals surface area (Å²) < 4.78 is 1.08. The zero-order chi connectivity index (χ0) is 7.40. The second-order valence-corrected chi connectivity index (χ2v) is 3.50. The highest BCUT2D eigenvalue weighted by Gasteiger charge is 1.89. The molecule has 1 aromatic carbocycles. The molecule has 0 unspecified atom stereocenters. The molecular formula is C6H7BrN2S. The number of benzene rings is 1. The smallest absolute Gasteiger partial charge is 0.0241 e. The van der Waals surface area contributed by atoms with E-state index in [2.05, 4.69) is 20.8 Å². The monoisotopic (exact) mass is 218 g/mol. The second kappa shape index (κ2) is 3.98. The van der Waals surface area contributed by atoms with Crippen LogP contribution in [0.5, 0.6) is 0 Å². The summed E-state index contributed by atoms with van der Waals surface area (Å²) >= 11 is 4.73. The lowest BCUT2D eigenvalue weighted by Gasteiger charge is -1.96. The molecule has 0 bridgehead atoms. The van der Waals surface area contributed by atoms with E-state index >= 15 is 0 Å². The van der Waals surface area contributed by atoms with Crippen molar-refractivity contribution in [2.75, 3.05) is 0 Å². The summed E-state index contributed by atoms with van der Waals surface area (Å²) in [6, 6.07) is 7.91. The quantitative estimate of drug-likeness (QED) is 0.453. The summed E-state index contributed by atoms with van der Waals surface area (Å²) in [7, 11) is 0. The molecule has 0 radical (unpaired) electrons. The molecule has 10 heavy (non-hydrogen) atoms. The maximum Gasteiger partial charge on any atom is 0.0241 e. The van der Waals surface area contributed by atoms with E-state index in [0.717, 1.165) is 9.37 Å². The summed E-state index contributed by atoms with van der Waals surface area (Å²) in [5.41, 5.74) is 0. The Morgan fingerprint density at radius 2 is 1.90 bits per heavy atom. The minimum absolute atomic E-state index is 1.08. The molecule has 3 N–H and O–H groups in total. The van der Waals surface area contributed by atoms with Crippen molar-refractivity contribution in [2.24, 2.45) is 5.84 Å². The van der Waals surface area contributed by atoms with E-state index < -0.39 is 0 Å². The van der Waals surface area contributed by atoms with E-state index in [1.165, 1.54) is 11.9 Å². The van der Waals surface area contributed by atoms with Crippen LogP contribution < -0.4 is 10.7 Å². The predicted octanol–water partition coefficient (Wildman–Crippen LogP) is 1.92. The first-order chi connectivity index (χ1) is 4.83. The molecular weight excluding hydrogens is 212 g/mol. The van der Waals surface area contributed by atoms with Gasteiger partial charge >= 0.3 is 0 Å². The number of nitrogens with two attached hydrogens (primary N) is 1. The molecule has 0 saturated carbocycles. The van der Waals surface area contributed by atoms with Crippen LogP contribution >= 0.6 is 27.9 Å². The van der Waals surface area contributed by atoms with E-state index in [9.17, 15) is 0 Å². The van der Waals surface area contributed by atoms with Gasteiger partial charge < -0.3 is 0 Å². The number of rotatable bonds is 2. The topological polar surface area (TPSA) is 38.0 Å². The molecule has 4 heteroatoms. The third kappa shape index (κ3) is 2.30. The summed E-state index contributed by atoms with van der Waals surface area (Å²) in [4.78, 5) is 3.61. The summed E-state index contributed by atoms with van der Waals surface area (Å²) in [5, 5.41) is 0. The average Bonchev–Trinajstić information content (AvgIpc) is 1.95. The molecule has 0 saturated heterocycles. The Balaban J connectivity index is 2.69. The Hall–Kier alpha value is -0.0300. The first-order valence-electron chi connectivity index (χ1n) is 2.71. The predicted molar refractivity (Wildman–Crippen MR) is 47.3 cm³/mol. The van der Waals surface area contributed by atoms with E-state index in [4.69, 9.17) is 5.84 Å². The molecule has 0 aliphatic rings.